The molecule has 2 heterocycles. The number of aromatic carboxylic acids is 1. The first-order valence-corrected chi connectivity index (χ1v) is 10.7. The molecule has 4 rings (SSSR count). The number of carbonyl (C=O) groups is 1. The second kappa shape index (κ2) is 10.9. The van der Waals surface area contributed by atoms with Crippen molar-refractivity contribution >= 4 is 18.1 Å². The molecule has 0 unspecified atom stereocenters. The van der Waals surface area contributed by atoms with Crippen LogP contribution in [-0.2, 0) is 19.6 Å². The van der Waals surface area contributed by atoms with E-state index in [0.717, 1.165) is 37.1 Å². The number of ether oxygens (including phenoxy) is 1. The highest BCUT2D eigenvalue weighted by Gasteiger charge is 2.04. The van der Waals surface area contributed by atoms with E-state index in [1.165, 1.54) is 5.56 Å². The molecule has 0 amide bonds. The van der Waals surface area contributed by atoms with Gasteiger partial charge in [-0.05, 0) is 60.7 Å². The molecule has 2 aromatic carbocycles. The van der Waals surface area contributed by atoms with Crippen LogP contribution >= 0.6 is 0 Å². The van der Waals surface area contributed by atoms with E-state index >= 15 is 0 Å². The average Bonchev–Trinajstić information content (AvgIpc) is 3.52. The molecule has 0 spiro atoms. The monoisotopic (exact) mass is 444 g/mol. The molecule has 0 aliphatic heterocycles. The van der Waals surface area contributed by atoms with Crippen molar-refractivity contribution in [2.24, 2.45) is 0 Å². The van der Waals surface area contributed by atoms with Crippen LogP contribution < -0.4 is 4.74 Å². The van der Waals surface area contributed by atoms with Crippen LogP contribution in [0.1, 0.15) is 45.9 Å². The fourth-order valence-electron chi connectivity index (χ4n) is 3.23. The summed E-state index contributed by atoms with van der Waals surface area (Å²) in [6.07, 6.45) is 11.8. The van der Waals surface area contributed by atoms with Gasteiger partial charge in [0.2, 0.25) is 5.89 Å². The molecule has 0 fully saturated rings. The predicted molar refractivity (Wildman–Crippen MR) is 123 cm³/mol. The van der Waals surface area contributed by atoms with Crippen LogP contribution in [0.2, 0.25) is 0 Å². The van der Waals surface area contributed by atoms with E-state index in [1.54, 1.807) is 42.8 Å². The number of carboxylic acids is 1. The quantitative estimate of drug-likeness (QED) is 0.333. The van der Waals surface area contributed by atoms with Gasteiger partial charge in [-0.1, -0.05) is 29.5 Å². The summed E-state index contributed by atoms with van der Waals surface area (Å²) in [5, 5.41) is 16.7. The third kappa shape index (κ3) is 6.64. The standard InChI is InChI=1S/C25H24N4O4/c30-25(31)21-9-4-20(5-10-21)8-13-24-27-22(18-33-24)17-32-23-11-6-19(7-12-23)3-1-2-15-29-16-14-26-28-29/h4-14,16,18H,1-3,15,17H2,(H,30,31)/b13-8+. The van der Waals surface area contributed by atoms with E-state index < -0.39 is 5.97 Å². The predicted octanol–water partition coefficient (Wildman–Crippen LogP) is 4.74. The number of oxazole rings is 1. The minimum absolute atomic E-state index is 0.249. The topological polar surface area (TPSA) is 103 Å². The molecular formula is C25H24N4O4. The second-order valence-electron chi connectivity index (χ2n) is 7.49. The minimum atomic E-state index is -0.947. The van der Waals surface area contributed by atoms with Crippen LogP contribution in [-0.4, -0.2) is 31.1 Å². The number of hydrogen-bond acceptors (Lipinski definition) is 6. The molecule has 4 aromatic rings. The van der Waals surface area contributed by atoms with Crippen molar-refractivity contribution in [3.05, 3.63) is 95.5 Å². The third-order valence-electron chi connectivity index (χ3n) is 5.03. The molecule has 0 atom stereocenters. The molecule has 8 heteroatoms. The summed E-state index contributed by atoms with van der Waals surface area (Å²) >= 11 is 0. The Hall–Kier alpha value is -4.20. The maximum atomic E-state index is 10.9. The lowest BCUT2D eigenvalue weighted by molar-refractivity contribution is 0.0697. The first-order chi connectivity index (χ1) is 16.2. The molecule has 0 aliphatic rings. The Morgan fingerprint density at radius 1 is 1.06 bits per heavy atom. The van der Waals surface area contributed by atoms with Crippen LogP contribution in [0.5, 0.6) is 5.75 Å². The lowest BCUT2D eigenvalue weighted by atomic mass is 10.1. The Morgan fingerprint density at radius 3 is 2.61 bits per heavy atom. The summed E-state index contributed by atoms with van der Waals surface area (Å²) in [5.41, 5.74) is 3.06. The first kappa shape index (κ1) is 22.0. The molecule has 0 aliphatic carbocycles. The first-order valence-electron chi connectivity index (χ1n) is 10.7. The normalized spacial score (nSPS) is 11.2. The molecule has 0 saturated carbocycles. The molecule has 1 N–H and O–H groups in total. The summed E-state index contributed by atoms with van der Waals surface area (Å²) in [7, 11) is 0. The number of unbranched alkanes of at least 4 members (excludes halogenated alkanes) is 1. The van der Waals surface area contributed by atoms with E-state index in [9.17, 15) is 4.79 Å². The van der Waals surface area contributed by atoms with Crippen molar-refractivity contribution in [2.75, 3.05) is 0 Å². The van der Waals surface area contributed by atoms with Gasteiger partial charge in [-0.3, -0.25) is 4.68 Å². The maximum absolute atomic E-state index is 10.9. The van der Waals surface area contributed by atoms with Crippen molar-refractivity contribution in [1.29, 1.82) is 0 Å². The van der Waals surface area contributed by atoms with Gasteiger partial charge in [-0.25, -0.2) is 9.78 Å². The van der Waals surface area contributed by atoms with Crippen molar-refractivity contribution < 1.29 is 19.1 Å². The molecular weight excluding hydrogens is 420 g/mol. The molecule has 2 aromatic heterocycles. The van der Waals surface area contributed by atoms with Gasteiger partial charge >= 0.3 is 5.97 Å². The van der Waals surface area contributed by atoms with Gasteiger partial charge < -0.3 is 14.3 Å². The van der Waals surface area contributed by atoms with Crippen LogP contribution in [0, 0.1) is 0 Å². The van der Waals surface area contributed by atoms with E-state index in [2.05, 4.69) is 27.4 Å². The number of hydrogen-bond donors (Lipinski definition) is 1. The van der Waals surface area contributed by atoms with Crippen molar-refractivity contribution in [3.8, 4) is 5.75 Å². The highest BCUT2D eigenvalue weighted by molar-refractivity contribution is 5.88. The zero-order chi connectivity index (χ0) is 22.9. The molecule has 0 saturated heterocycles. The number of carboxylic acid groups (broad SMARTS) is 1. The van der Waals surface area contributed by atoms with Crippen LogP contribution in [0.4, 0.5) is 0 Å². The largest absolute Gasteiger partial charge is 0.487 e. The van der Waals surface area contributed by atoms with Gasteiger partial charge in [0.15, 0.2) is 0 Å². The van der Waals surface area contributed by atoms with Gasteiger partial charge in [-0.2, -0.15) is 0 Å². The summed E-state index contributed by atoms with van der Waals surface area (Å²) in [4.78, 5) is 15.3. The highest BCUT2D eigenvalue weighted by atomic mass is 16.5. The Labute approximate surface area is 191 Å². The van der Waals surface area contributed by atoms with Crippen LogP contribution in [0.15, 0.2) is 71.6 Å². The van der Waals surface area contributed by atoms with Crippen LogP contribution in [0.3, 0.4) is 0 Å². The number of aryl methyl sites for hydroxylation is 2. The summed E-state index contributed by atoms with van der Waals surface area (Å²) in [6.45, 7) is 1.19. The lowest BCUT2D eigenvalue weighted by Gasteiger charge is -2.06. The van der Waals surface area contributed by atoms with Crippen molar-refractivity contribution in [2.45, 2.75) is 32.4 Å². The molecule has 168 valence electrons. The number of aromatic nitrogens is 4. The molecule has 0 radical (unpaired) electrons. The van der Waals surface area contributed by atoms with Crippen LogP contribution in [0.25, 0.3) is 12.2 Å². The van der Waals surface area contributed by atoms with Gasteiger partial charge in [0.25, 0.3) is 0 Å². The van der Waals surface area contributed by atoms with Gasteiger partial charge in [-0.15, -0.1) is 5.10 Å². The Kier molecular flexibility index (Phi) is 7.27. The zero-order valence-electron chi connectivity index (χ0n) is 18.0. The average molecular weight is 444 g/mol. The number of benzene rings is 2. The SMILES string of the molecule is O=C(O)c1ccc(/C=C/c2nc(COc3ccc(CCCCn4ccnn4)cc3)co2)cc1. The van der Waals surface area contributed by atoms with Gasteiger partial charge in [0, 0.05) is 18.8 Å². The molecule has 33 heavy (non-hydrogen) atoms. The number of rotatable bonds is 11. The number of nitrogens with zero attached hydrogens (tertiary/aromatic N) is 4. The highest BCUT2D eigenvalue weighted by Crippen LogP contribution is 2.16. The Bertz CT molecular complexity index is 1180. The third-order valence-corrected chi connectivity index (χ3v) is 5.03. The maximum Gasteiger partial charge on any atom is 0.335 e. The van der Waals surface area contributed by atoms with E-state index in [-0.39, 0.29) is 5.56 Å². The Morgan fingerprint density at radius 2 is 1.88 bits per heavy atom. The van der Waals surface area contributed by atoms with Gasteiger partial charge in [0.05, 0.1) is 11.8 Å². The van der Waals surface area contributed by atoms with Crippen molar-refractivity contribution in [3.63, 3.8) is 0 Å². The van der Waals surface area contributed by atoms with E-state index in [4.69, 9.17) is 14.3 Å². The minimum Gasteiger partial charge on any atom is -0.487 e. The zero-order valence-corrected chi connectivity index (χ0v) is 18.0. The summed E-state index contributed by atoms with van der Waals surface area (Å²) < 4.78 is 13.1. The van der Waals surface area contributed by atoms with Gasteiger partial charge in [0.1, 0.15) is 24.3 Å². The van der Waals surface area contributed by atoms with E-state index in [1.807, 2.05) is 29.1 Å². The Balaban J connectivity index is 1.21. The van der Waals surface area contributed by atoms with E-state index in [0.29, 0.717) is 18.2 Å². The molecule has 0 bridgehead atoms. The second-order valence-corrected chi connectivity index (χ2v) is 7.49. The summed E-state index contributed by atoms with van der Waals surface area (Å²) in [6, 6.07) is 14.7. The fraction of sp³-hybridized carbons (Fsp3) is 0.200. The lowest BCUT2D eigenvalue weighted by Crippen LogP contribution is -1.99. The fourth-order valence-corrected chi connectivity index (χ4v) is 3.23. The smallest absolute Gasteiger partial charge is 0.335 e. The van der Waals surface area contributed by atoms with Crippen molar-refractivity contribution in [1.82, 2.24) is 20.0 Å². The molecule has 8 nitrogen and oxygen atoms in total. The summed E-state index contributed by atoms with van der Waals surface area (Å²) in [5.74, 6) is 0.286.